The number of hydrogen-bond donors (Lipinski definition) is 0. The normalized spacial score (nSPS) is 20.7. The molecule has 0 spiro atoms. The molecule has 0 radical (unpaired) electrons. The van der Waals surface area contributed by atoms with Crippen molar-refractivity contribution in [3.63, 3.8) is 0 Å². The number of halogens is 4. The smallest absolute Gasteiger partial charge is 0.339 e. The first-order chi connectivity index (χ1) is 15.9. The Morgan fingerprint density at radius 1 is 1.15 bits per heavy atom. The fraction of sp³-hybridized carbons (Fsp3) is 0.571. The Morgan fingerprint density at radius 3 is 2.44 bits per heavy atom. The van der Waals surface area contributed by atoms with Crippen LogP contribution in [0.4, 0.5) is 23.5 Å². The van der Waals surface area contributed by atoms with Crippen LogP contribution >= 0.6 is 0 Å². The number of alkyl halides is 3. The third-order valence-electron chi connectivity index (χ3n) is 6.35. The lowest BCUT2D eigenvalue weighted by atomic mass is 9.88. The number of hydrogen-bond acceptors (Lipinski definition) is 7. The van der Waals surface area contributed by atoms with Gasteiger partial charge in [-0.3, -0.25) is 4.79 Å². The van der Waals surface area contributed by atoms with Crippen molar-refractivity contribution in [1.29, 1.82) is 0 Å². The molecule has 186 valence electrons. The molecule has 2 fully saturated rings. The lowest BCUT2D eigenvalue weighted by molar-refractivity contribution is -0.159. The van der Waals surface area contributed by atoms with Gasteiger partial charge < -0.3 is 14.3 Å². The molecule has 0 bridgehead atoms. The number of aromatic nitrogens is 2. The summed E-state index contributed by atoms with van der Waals surface area (Å²) in [6.07, 6.45) is -1.11. The van der Waals surface area contributed by atoms with Crippen LogP contribution in [0, 0.1) is 11.7 Å². The van der Waals surface area contributed by atoms with Crippen LogP contribution in [0.2, 0.25) is 0 Å². The average Bonchev–Trinajstić information content (AvgIpc) is 3.27. The molecular weight excluding hydrogens is 480 g/mol. The molecule has 34 heavy (non-hydrogen) atoms. The van der Waals surface area contributed by atoms with Crippen LogP contribution in [-0.4, -0.2) is 61.3 Å². The second kappa shape index (κ2) is 9.16. The zero-order valence-electron chi connectivity index (χ0n) is 18.4. The lowest BCUT2D eigenvalue weighted by Gasteiger charge is -2.42. The number of sulfone groups is 1. The van der Waals surface area contributed by atoms with E-state index in [9.17, 15) is 30.8 Å². The predicted octanol–water partition coefficient (Wildman–Crippen LogP) is 3.08. The number of piperidine rings is 2. The predicted molar refractivity (Wildman–Crippen MR) is 112 cm³/mol. The highest BCUT2D eigenvalue weighted by molar-refractivity contribution is 7.90. The van der Waals surface area contributed by atoms with Gasteiger partial charge in [0.25, 0.3) is 5.95 Å². The summed E-state index contributed by atoms with van der Waals surface area (Å²) in [6, 6.07) is 3.65. The second-order valence-electron chi connectivity index (χ2n) is 8.72. The van der Waals surface area contributed by atoms with Gasteiger partial charge in [0, 0.05) is 37.8 Å². The summed E-state index contributed by atoms with van der Waals surface area (Å²) < 4.78 is 80.1. The van der Waals surface area contributed by atoms with Gasteiger partial charge in [-0.1, -0.05) is 6.07 Å². The van der Waals surface area contributed by atoms with Gasteiger partial charge in [-0.2, -0.15) is 18.2 Å². The first-order valence-electron chi connectivity index (χ1n) is 10.9. The van der Waals surface area contributed by atoms with Crippen molar-refractivity contribution in [2.75, 3.05) is 30.8 Å². The summed E-state index contributed by atoms with van der Waals surface area (Å²) in [5, 5.41) is 3.41. The van der Waals surface area contributed by atoms with E-state index in [1.807, 2.05) is 0 Å². The molecular formula is C21H24F4N4O4S. The van der Waals surface area contributed by atoms with Crippen LogP contribution in [-0.2, 0) is 27.2 Å². The zero-order chi connectivity index (χ0) is 24.7. The maximum Gasteiger partial charge on any atom is 0.471 e. The molecule has 2 aliphatic rings. The topological polar surface area (TPSA) is 96.6 Å². The Kier molecular flexibility index (Phi) is 6.58. The van der Waals surface area contributed by atoms with Gasteiger partial charge in [-0.15, -0.1) is 0 Å². The van der Waals surface area contributed by atoms with Gasteiger partial charge in [0.15, 0.2) is 9.84 Å². The number of anilines is 1. The lowest BCUT2D eigenvalue weighted by Crippen LogP contribution is -2.52. The minimum atomic E-state index is -4.70. The molecule has 1 amide bonds. The van der Waals surface area contributed by atoms with E-state index in [2.05, 4.69) is 14.7 Å². The van der Waals surface area contributed by atoms with Gasteiger partial charge in [-0.05, 0) is 55.0 Å². The Hall–Kier alpha value is -2.70. The number of rotatable bonds is 5. The molecule has 1 aromatic carbocycles. The Bertz CT molecular complexity index is 1160. The largest absolute Gasteiger partial charge is 0.471 e. The van der Waals surface area contributed by atoms with E-state index in [0.717, 1.165) is 18.7 Å². The SMILES string of the molecule is CS(=O)(=O)c1ccc(C[C@H]2CCCN(C3CCN(c4noc(C(F)(F)F)n4)CC3)C2=O)c(F)c1. The third kappa shape index (κ3) is 5.18. The fourth-order valence-corrected chi connectivity index (χ4v) is 5.19. The van der Waals surface area contributed by atoms with Crippen LogP contribution in [0.5, 0.6) is 0 Å². The number of carbonyl (C=O) groups excluding carboxylic acids is 1. The Balaban J connectivity index is 1.38. The highest BCUT2D eigenvalue weighted by atomic mass is 32.2. The summed E-state index contributed by atoms with van der Waals surface area (Å²) in [5.74, 6) is -2.68. The van der Waals surface area contributed by atoms with Crippen molar-refractivity contribution >= 4 is 21.7 Å². The van der Waals surface area contributed by atoms with Crippen molar-refractivity contribution in [1.82, 2.24) is 15.0 Å². The molecule has 2 saturated heterocycles. The minimum absolute atomic E-state index is 0.0852. The standard InChI is InChI=1S/C21H24F4N4O4S/c1-34(31,32)16-5-4-13(17(22)12-16)11-14-3-2-8-29(18(14)30)15-6-9-28(10-7-15)20-26-19(33-27-20)21(23,24)25/h4-5,12,14-15H,2-3,6-11H2,1H3/t14-/m1/s1. The molecule has 2 aromatic rings. The molecule has 3 heterocycles. The van der Waals surface area contributed by atoms with Crippen molar-refractivity contribution in [2.24, 2.45) is 5.92 Å². The number of nitrogens with zero attached hydrogens (tertiary/aromatic N) is 4. The molecule has 1 atom stereocenters. The third-order valence-corrected chi connectivity index (χ3v) is 7.46. The number of carbonyl (C=O) groups is 1. The van der Waals surface area contributed by atoms with Crippen LogP contribution in [0.3, 0.4) is 0 Å². The zero-order valence-corrected chi connectivity index (χ0v) is 19.2. The van der Waals surface area contributed by atoms with E-state index in [1.165, 1.54) is 12.1 Å². The fourth-order valence-electron chi connectivity index (χ4n) is 4.55. The molecule has 0 saturated carbocycles. The maximum absolute atomic E-state index is 14.5. The van der Waals surface area contributed by atoms with Crippen LogP contribution in [0.15, 0.2) is 27.6 Å². The van der Waals surface area contributed by atoms with Crippen molar-refractivity contribution in [3.05, 3.63) is 35.5 Å². The Labute approximate surface area is 193 Å². The van der Waals surface area contributed by atoms with E-state index >= 15 is 0 Å². The number of amides is 1. The van der Waals surface area contributed by atoms with Crippen LogP contribution in [0.1, 0.15) is 37.1 Å². The molecule has 0 aliphatic carbocycles. The molecule has 0 unspecified atom stereocenters. The quantitative estimate of drug-likeness (QED) is 0.578. The minimum Gasteiger partial charge on any atom is -0.339 e. The van der Waals surface area contributed by atoms with Crippen molar-refractivity contribution < 1.29 is 35.3 Å². The van der Waals surface area contributed by atoms with E-state index < -0.39 is 33.6 Å². The first-order valence-corrected chi connectivity index (χ1v) is 12.8. The summed E-state index contributed by atoms with van der Waals surface area (Å²) in [7, 11) is -3.53. The monoisotopic (exact) mass is 504 g/mol. The van der Waals surface area contributed by atoms with Gasteiger partial charge in [0.1, 0.15) is 5.82 Å². The summed E-state index contributed by atoms with van der Waals surface area (Å²) in [4.78, 5) is 19.8. The summed E-state index contributed by atoms with van der Waals surface area (Å²) in [6.45, 7) is 1.31. The molecule has 8 nitrogen and oxygen atoms in total. The van der Waals surface area contributed by atoms with E-state index in [4.69, 9.17) is 0 Å². The highest BCUT2D eigenvalue weighted by Crippen LogP contribution is 2.31. The highest BCUT2D eigenvalue weighted by Gasteiger charge is 2.40. The van der Waals surface area contributed by atoms with E-state index in [-0.39, 0.29) is 29.2 Å². The molecule has 2 aliphatic heterocycles. The van der Waals surface area contributed by atoms with E-state index in [1.54, 1.807) is 9.80 Å². The average molecular weight is 505 g/mol. The van der Waals surface area contributed by atoms with Crippen molar-refractivity contribution in [2.45, 2.75) is 49.2 Å². The molecule has 4 rings (SSSR count). The first kappa shape index (κ1) is 24.4. The van der Waals surface area contributed by atoms with Gasteiger partial charge in [0.2, 0.25) is 5.91 Å². The van der Waals surface area contributed by atoms with E-state index in [0.29, 0.717) is 44.5 Å². The van der Waals surface area contributed by atoms with Gasteiger partial charge in [0.05, 0.1) is 4.90 Å². The van der Waals surface area contributed by atoms with Crippen LogP contribution in [0.25, 0.3) is 0 Å². The Morgan fingerprint density at radius 2 is 1.85 bits per heavy atom. The van der Waals surface area contributed by atoms with Crippen LogP contribution < -0.4 is 4.90 Å². The van der Waals surface area contributed by atoms with Crippen molar-refractivity contribution in [3.8, 4) is 0 Å². The van der Waals surface area contributed by atoms with Gasteiger partial charge in [-0.25, -0.2) is 12.8 Å². The maximum atomic E-state index is 14.5. The molecule has 1 aromatic heterocycles. The number of likely N-dealkylation sites (tertiary alicyclic amines) is 1. The van der Waals surface area contributed by atoms with Gasteiger partial charge >= 0.3 is 12.1 Å². The molecule has 0 N–H and O–H groups in total. The summed E-state index contributed by atoms with van der Waals surface area (Å²) in [5.41, 5.74) is 0.292. The summed E-state index contributed by atoms with van der Waals surface area (Å²) >= 11 is 0. The number of benzene rings is 1. The molecule has 13 heteroatoms. The second-order valence-corrected chi connectivity index (χ2v) is 10.7.